The predicted octanol–water partition coefficient (Wildman–Crippen LogP) is 4.86. The fourth-order valence-electron chi connectivity index (χ4n) is 3.14. The van der Waals surface area contributed by atoms with Crippen LogP contribution < -0.4 is 0 Å². The number of hydrogen-bond donors (Lipinski definition) is 0. The first-order chi connectivity index (χ1) is 12.6. The Bertz CT molecular complexity index is 895. The van der Waals surface area contributed by atoms with E-state index in [9.17, 15) is 8.42 Å². The SMILES string of the molecule is CC(C)(C)c1ccc(CN2CCN(S(=O)(=O)c3cc(Cl)sc3Cl)CC2)cc1. The standard InChI is InChI=1S/C19H24Cl2N2O2S2/c1-19(2,3)15-6-4-14(5-7-15)13-22-8-10-23(11-9-22)27(24,25)16-12-17(20)26-18(16)21/h4-7,12H,8-11,13H2,1-3H3. The van der Waals surface area contributed by atoms with E-state index >= 15 is 0 Å². The molecule has 0 bridgehead atoms. The van der Waals surface area contributed by atoms with Gasteiger partial charge in [-0.2, -0.15) is 4.31 Å². The highest BCUT2D eigenvalue weighted by Crippen LogP contribution is 2.36. The first-order valence-corrected chi connectivity index (χ1v) is 11.9. The number of benzene rings is 1. The fourth-order valence-corrected chi connectivity index (χ4v) is 6.67. The highest BCUT2D eigenvalue weighted by atomic mass is 35.5. The number of halogens is 2. The molecular formula is C19H24Cl2N2O2S2. The molecule has 4 nitrogen and oxygen atoms in total. The van der Waals surface area contributed by atoms with Gasteiger partial charge >= 0.3 is 0 Å². The van der Waals surface area contributed by atoms with Crippen molar-refractivity contribution in [1.82, 2.24) is 9.21 Å². The Hall–Kier alpha value is -0.630. The maximum absolute atomic E-state index is 12.8. The molecule has 27 heavy (non-hydrogen) atoms. The minimum Gasteiger partial charge on any atom is -0.296 e. The second-order valence-corrected chi connectivity index (χ2v) is 12.0. The van der Waals surface area contributed by atoms with E-state index in [-0.39, 0.29) is 14.6 Å². The van der Waals surface area contributed by atoms with Crippen molar-refractivity contribution in [3.63, 3.8) is 0 Å². The minimum absolute atomic E-state index is 0.116. The Balaban J connectivity index is 1.61. The molecule has 0 aliphatic carbocycles. The van der Waals surface area contributed by atoms with Crippen LogP contribution in [0.15, 0.2) is 35.2 Å². The Morgan fingerprint density at radius 3 is 2.11 bits per heavy atom. The van der Waals surface area contributed by atoms with Gasteiger partial charge in [-0.25, -0.2) is 8.42 Å². The largest absolute Gasteiger partial charge is 0.296 e. The zero-order chi connectivity index (χ0) is 19.8. The summed E-state index contributed by atoms with van der Waals surface area (Å²) in [5, 5.41) is 0. The van der Waals surface area contributed by atoms with Crippen LogP contribution in [0.5, 0.6) is 0 Å². The molecule has 1 aromatic heterocycles. The summed E-state index contributed by atoms with van der Waals surface area (Å²) in [4.78, 5) is 2.39. The predicted molar refractivity (Wildman–Crippen MR) is 114 cm³/mol. The lowest BCUT2D eigenvalue weighted by Gasteiger charge is -2.34. The van der Waals surface area contributed by atoms with E-state index in [1.807, 2.05) is 0 Å². The molecular weight excluding hydrogens is 423 g/mol. The summed E-state index contributed by atoms with van der Waals surface area (Å²) in [5.74, 6) is 0. The van der Waals surface area contributed by atoms with Crippen molar-refractivity contribution in [2.24, 2.45) is 0 Å². The number of piperazine rings is 1. The molecule has 1 aliphatic heterocycles. The normalized spacial score (nSPS) is 17.4. The van der Waals surface area contributed by atoms with Crippen molar-refractivity contribution in [2.45, 2.75) is 37.6 Å². The molecule has 0 spiro atoms. The van der Waals surface area contributed by atoms with Crippen LogP contribution in [-0.2, 0) is 22.0 Å². The number of thiophene rings is 1. The molecule has 2 heterocycles. The summed E-state index contributed by atoms with van der Waals surface area (Å²) in [6.07, 6.45) is 0. The van der Waals surface area contributed by atoms with Gasteiger partial charge in [0.2, 0.25) is 10.0 Å². The molecule has 0 unspecified atom stereocenters. The summed E-state index contributed by atoms with van der Waals surface area (Å²) in [7, 11) is -3.59. The van der Waals surface area contributed by atoms with Crippen molar-refractivity contribution < 1.29 is 8.42 Å². The third kappa shape index (κ3) is 4.86. The van der Waals surface area contributed by atoms with Gasteiger partial charge in [0.15, 0.2) is 0 Å². The molecule has 0 radical (unpaired) electrons. The lowest BCUT2D eigenvalue weighted by atomic mass is 9.87. The molecule has 0 N–H and O–H groups in total. The van der Waals surface area contributed by atoms with Crippen molar-refractivity contribution in [1.29, 1.82) is 0 Å². The number of nitrogens with zero attached hydrogens (tertiary/aromatic N) is 2. The molecule has 0 atom stereocenters. The van der Waals surface area contributed by atoms with Crippen LogP contribution >= 0.6 is 34.5 Å². The topological polar surface area (TPSA) is 40.6 Å². The van der Waals surface area contributed by atoms with Crippen LogP contribution in [0.25, 0.3) is 0 Å². The van der Waals surface area contributed by atoms with Crippen LogP contribution in [0.4, 0.5) is 0 Å². The van der Waals surface area contributed by atoms with Gasteiger partial charge in [-0.3, -0.25) is 4.90 Å². The van der Waals surface area contributed by atoms with E-state index in [0.29, 0.717) is 30.5 Å². The monoisotopic (exact) mass is 446 g/mol. The summed E-state index contributed by atoms with van der Waals surface area (Å²) < 4.78 is 27.7. The summed E-state index contributed by atoms with van der Waals surface area (Å²) in [6, 6.07) is 10.1. The van der Waals surface area contributed by atoms with E-state index in [1.54, 1.807) is 0 Å². The van der Waals surface area contributed by atoms with Crippen molar-refractivity contribution in [3.05, 3.63) is 50.1 Å². The van der Waals surface area contributed by atoms with Gasteiger partial charge in [-0.1, -0.05) is 68.2 Å². The van der Waals surface area contributed by atoms with Crippen LogP contribution in [0.1, 0.15) is 31.9 Å². The molecule has 0 amide bonds. The second kappa shape index (κ2) is 8.01. The van der Waals surface area contributed by atoms with Gasteiger partial charge in [0.1, 0.15) is 9.23 Å². The third-order valence-corrected chi connectivity index (χ3v) is 8.45. The zero-order valence-electron chi connectivity index (χ0n) is 15.7. The van der Waals surface area contributed by atoms with Gasteiger partial charge in [-0.05, 0) is 22.6 Å². The smallest absolute Gasteiger partial charge is 0.245 e. The van der Waals surface area contributed by atoms with E-state index in [1.165, 1.54) is 21.5 Å². The third-order valence-electron chi connectivity index (χ3n) is 4.80. The van der Waals surface area contributed by atoms with Crippen LogP contribution in [0.2, 0.25) is 8.67 Å². The van der Waals surface area contributed by atoms with Crippen molar-refractivity contribution in [2.75, 3.05) is 26.2 Å². The Morgan fingerprint density at radius 2 is 1.63 bits per heavy atom. The maximum Gasteiger partial charge on any atom is 0.245 e. The summed E-state index contributed by atoms with van der Waals surface area (Å²) in [5.41, 5.74) is 2.70. The summed E-state index contributed by atoms with van der Waals surface area (Å²) in [6.45, 7) is 9.71. The van der Waals surface area contributed by atoms with Crippen molar-refractivity contribution in [3.8, 4) is 0 Å². The van der Waals surface area contributed by atoms with Crippen LogP contribution in [-0.4, -0.2) is 43.8 Å². The Kier molecular flexibility index (Phi) is 6.26. The van der Waals surface area contributed by atoms with Gasteiger partial charge in [0.05, 0.1) is 4.34 Å². The maximum atomic E-state index is 12.8. The fraction of sp³-hybridized carbons (Fsp3) is 0.474. The molecule has 0 saturated carbocycles. The molecule has 1 aliphatic rings. The highest BCUT2D eigenvalue weighted by Gasteiger charge is 2.31. The molecule has 1 saturated heterocycles. The molecule has 2 aromatic rings. The van der Waals surface area contributed by atoms with Gasteiger partial charge in [-0.15, -0.1) is 11.3 Å². The molecule has 1 fully saturated rings. The highest BCUT2D eigenvalue weighted by molar-refractivity contribution is 7.89. The second-order valence-electron chi connectivity index (χ2n) is 7.82. The van der Waals surface area contributed by atoms with Gasteiger partial charge in [0, 0.05) is 32.7 Å². The lowest BCUT2D eigenvalue weighted by Crippen LogP contribution is -2.48. The average Bonchev–Trinajstić information content (AvgIpc) is 2.94. The molecule has 8 heteroatoms. The first-order valence-electron chi connectivity index (χ1n) is 8.84. The van der Waals surface area contributed by atoms with Gasteiger partial charge < -0.3 is 0 Å². The van der Waals surface area contributed by atoms with E-state index in [0.717, 1.165) is 17.9 Å². The average molecular weight is 447 g/mol. The minimum atomic E-state index is -3.59. The van der Waals surface area contributed by atoms with Crippen molar-refractivity contribution >= 4 is 44.6 Å². The van der Waals surface area contributed by atoms with E-state index in [2.05, 4.69) is 49.9 Å². The number of rotatable bonds is 4. The van der Waals surface area contributed by atoms with Gasteiger partial charge in [0.25, 0.3) is 0 Å². The number of sulfonamides is 1. The quantitative estimate of drug-likeness (QED) is 0.672. The van der Waals surface area contributed by atoms with Crippen LogP contribution in [0, 0.1) is 0 Å². The van der Waals surface area contributed by atoms with E-state index < -0.39 is 10.0 Å². The van der Waals surface area contributed by atoms with Crippen LogP contribution in [0.3, 0.4) is 0 Å². The summed E-state index contributed by atoms with van der Waals surface area (Å²) >= 11 is 13.0. The Morgan fingerprint density at radius 1 is 1.04 bits per heavy atom. The molecule has 148 valence electrons. The van der Waals surface area contributed by atoms with E-state index in [4.69, 9.17) is 23.2 Å². The lowest BCUT2D eigenvalue weighted by molar-refractivity contribution is 0.181. The number of hydrogen-bond acceptors (Lipinski definition) is 4. The zero-order valence-corrected chi connectivity index (χ0v) is 18.9. The molecule has 3 rings (SSSR count). The first kappa shape index (κ1) is 21.1. The Labute approximate surface area is 175 Å². The molecule has 1 aromatic carbocycles.